The summed E-state index contributed by atoms with van der Waals surface area (Å²) in [6, 6.07) is 9.23. The van der Waals surface area contributed by atoms with Crippen molar-refractivity contribution in [1.29, 1.82) is 5.26 Å². The van der Waals surface area contributed by atoms with Crippen LogP contribution in [0.1, 0.15) is 39.3 Å². The first-order chi connectivity index (χ1) is 12.5. The number of nitrogens with one attached hydrogen (secondary N) is 2. The Kier molecular flexibility index (Phi) is 4.85. The molecule has 1 aromatic carbocycles. The highest BCUT2D eigenvalue weighted by Crippen LogP contribution is 2.21. The highest BCUT2D eigenvalue weighted by Gasteiger charge is 2.30. The first kappa shape index (κ1) is 17.4. The van der Waals surface area contributed by atoms with Crippen LogP contribution in [0.5, 0.6) is 0 Å². The summed E-state index contributed by atoms with van der Waals surface area (Å²) in [5.74, 6) is -2.26. The van der Waals surface area contributed by atoms with Crippen molar-refractivity contribution in [2.24, 2.45) is 5.92 Å². The van der Waals surface area contributed by atoms with Gasteiger partial charge in [-0.05, 0) is 50.1 Å². The van der Waals surface area contributed by atoms with Gasteiger partial charge in [0.15, 0.2) is 17.5 Å². The fraction of sp³-hybridized carbons (Fsp3) is 0.263. The molecule has 7 nitrogen and oxygen atoms in total. The molecule has 0 aliphatic heterocycles. The third-order valence-electron chi connectivity index (χ3n) is 4.12. The van der Waals surface area contributed by atoms with E-state index in [4.69, 9.17) is 4.42 Å². The number of hydrogen-bond donors (Lipinski definition) is 2. The number of amides is 2. The summed E-state index contributed by atoms with van der Waals surface area (Å²) in [6.45, 7) is 1.60. The minimum Gasteiger partial charge on any atom is -0.469 e. The molecule has 0 unspecified atom stereocenters. The summed E-state index contributed by atoms with van der Waals surface area (Å²) in [7, 11) is 0. The van der Waals surface area contributed by atoms with Crippen LogP contribution in [0.4, 0.5) is 10.5 Å². The molecule has 2 N–H and O–H groups in total. The summed E-state index contributed by atoms with van der Waals surface area (Å²) in [5, 5.41) is 14.8. The number of nitrogens with zero attached hydrogens (tertiary/aromatic N) is 1. The molecule has 1 aliphatic carbocycles. The molecular weight excluding hydrogens is 334 g/mol. The van der Waals surface area contributed by atoms with Crippen molar-refractivity contribution >= 4 is 23.3 Å². The summed E-state index contributed by atoms with van der Waals surface area (Å²) >= 11 is 0. The molecule has 1 saturated carbocycles. The number of carbonyl (C=O) groups is 3. The normalized spacial score (nSPS) is 14.2. The van der Waals surface area contributed by atoms with Crippen LogP contribution in [0.25, 0.3) is 0 Å². The molecule has 0 bridgehead atoms. The van der Waals surface area contributed by atoms with Gasteiger partial charge in [-0.2, -0.15) is 5.26 Å². The Bertz CT molecular complexity index is 888. The first-order valence-electron chi connectivity index (χ1n) is 8.19. The van der Waals surface area contributed by atoms with Gasteiger partial charge in [-0.1, -0.05) is 0 Å². The number of ketones is 2. The van der Waals surface area contributed by atoms with Crippen LogP contribution in [-0.2, 0) is 0 Å². The average molecular weight is 351 g/mol. The van der Waals surface area contributed by atoms with Crippen molar-refractivity contribution in [1.82, 2.24) is 5.32 Å². The van der Waals surface area contributed by atoms with Gasteiger partial charge in [-0.25, -0.2) is 4.79 Å². The maximum absolute atomic E-state index is 12.5. The topological polar surface area (TPSA) is 112 Å². The highest BCUT2D eigenvalue weighted by molar-refractivity contribution is 6.18. The van der Waals surface area contributed by atoms with Gasteiger partial charge >= 0.3 is 6.03 Å². The predicted octanol–water partition coefficient (Wildman–Crippen LogP) is 3.08. The Hall–Kier alpha value is -3.40. The third-order valence-corrected chi connectivity index (χ3v) is 4.12. The van der Waals surface area contributed by atoms with Crippen LogP contribution < -0.4 is 10.6 Å². The van der Waals surface area contributed by atoms with Crippen LogP contribution in [0.2, 0.25) is 0 Å². The van der Waals surface area contributed by atoms with Crippen molar-refractivity contribution in [2.45, 2.75) is 25.8 Å². The lowest BCUT2D eigenvalue weighted by molar-refractivity contribution is 0.0845. The number of rotatable bonds is 6. The molecule has 0 radical (unpaired) electrons. The third kappa shape index (κ3) is 3.81. The number of Topliss-reactive ketones (excluding diaryl/α,β-unsaturated/α-hetero) is 2. The van der Waals surface area contributed by atoms with E-state index in [1.807, 2.05) is 0 Å². The summed E-state index contributed by atoms with van der Waals surface area (Å²) in [4.78, 5) is 36.7. The summed E-state index contributed by atoms with van der Waals surface area (Å²) in [5.41, 5.74) is 0.962. The van der Waals surface area contributed by atoms with Gasteiger partial charge in [0.2, 0.25) is 0 Å². The van der Waals surface area contributed by atoms with E-state index >= 15 is 0 Å². The van der Waals surface area contributed by atoms with Crippen molar-refractivity contribution in [3.8, 4) is 6.07 Å². The molecule has 0 spiro atoms. The molecule has 132 valence electrons. The smallest absolute Gasteiger partial charge is 0.319 e. The number of hydrogen-bond acceptors (Lipinski definition) is 5. The zero-order chi connectivity index (χ0) is 18.7. The van der Waals surface area contributed by atoms with Crippen LogP contribution >= 0.6 is 0 Å². The van der Waals surface area contributed by atoms with E-state index in [1.54, 1.807) is 25.1 Å². The molecule has 1 aromatic heterocycles. The number of anilines is 1. The number of urea groups is 1. The molecule has 7 heteroatoms. The number of benzene rings is 1. The lowest BCUT2D eigenvalue weighted by atomic mass is 9.91. The molecule has 1 atom stereocenters. The van der Waals surface area contributed by atoms with Crippen molar-refractivity contribution < 1.29 is 18.8 Å². The number of nitriles is 1. The lowest BCUT2D eigenvalue weighted by Gasteiger charge is -2.09. The largest absolute Gasteiger partial charge is 0.469 e. The van der Waals surface area contributed by atoms with E-state index in [-0.39, 0.29) is 23.2 Å². The molecule has 1 aliphatic rings. The second-order valence-corrected chi connectivity index (χ2v) is 6.13. The number of aryl methyl sites for hydroxylation is 1. The maximum atomic E-state index is 12.5. The van der Waals surface area contributed by atoms with E-state index < -0.39 is 17.5 Å². The minimum absolute atomic E-state index is 0.221. The molecule has 2 amide bonds. The SMILES string of the molecule is Cc1occc1C(=O)[C@@H](C#N)C(=O)c1ccc(NC(=O)NC2CC2)cc1. The quantitative estimate of drug-likeness (QED) is 0.613. The van der Waals surface area contributed by atoms with Crippen molar-refractivity contribution in [2.75, 3.05) is 5.32 Å². The zero-order valence-corrected chi connectivity index (χ0v) is 14.1. The molecular formula is C19H17N3O4. The van der Waals surface area contributed by atoms with Crippen LogP contribution in [0.15, 0.2) is 41.0 Å². The average Bonchev–Trinajstić information content (AvgIpc) is 3.33. The summed E-state index contributed by atoms with van der Waals surface area (Å²) < 4.78 is 5.06. The van der Waals surface area contributed by atoms with E-state index in [9.17, 15) is 19.6 Å². The van der Waals surface area contributed by atoms with Crippen LogP contribution in [0.3, 0.4) is 0 Å². The van der Waals surface area contributed by atoms with Crippen molar-refractivity contribution in [3.05, 3.63) is 53.5 Å². The summed E-state index contributed by atoms with van der Waals surface area (Å²) in [6.07, 6.45) is 3.32. The van der Waals surface area contributed by atoms with Gasteiger partial charge < -0.3 is 15.1 Å². The standard InChI is InChI=1S/C19H17N3O4/c1-11-15(8-9-26-11)18(24)16(10-20)17(23)12-2-4-13(5-3-12)21-19(25)22-14-6-7-14/h2-5,8-9,14,16H,6-7H2,1H3,(H2,21,22,25)/t16-/m0/s1. The Balaban J connectivity index is 1.69. The Labute approximate surface area is 150 Å². The molecule has 2 aromatic rings. The number of carbonyl (C=O) groups excluding carboxylic acids is 3. The lowest BCUT2D eigenvalue weighted by Crippen LogP contribution is -2.30. The minimum atomic E-state index is -1.44. The second-order valence-electron chi connectivity index (χ2n) is 6.13. The molecule has 1 fully saturated rings. The fourth-order valence-electron chi connectivity index (χ4n) is 2.50. The molecule has 1 heterocycles. The van der Waals surface area contributed by atoms with E-state index in [1.165, 1.54) is 24.5 Å². The maximum Gasteiger partial charge on any atom is 0.319 e. The molecule has 26 heavy (non-hydrogen) atoms. The van der Waals surface area contributed by atoms with Gasteiger partial charge in [-0.3, -0.25) is 9.59 Å². The van der Waals surface area contributed by atoms with Crippen molar-refractivity contribution in [3.63, 3.8) is 0 Å². The monoisotopic (exact) mass is 351 g/mol. The van der Waals surface area contributed by atoms with E-state index in [0.29, 0.717) is 11.4 Å². The van der Waals surface area contributed by atoms with Gasteiger partial charge in [0.1, 0.15) is 5.76 Å². The van der Waals surface area contributed by atoms with Gasteiger partial charge in [0.05, 0.1) is 17.9 Å². The van der Waals surface area contributed by atoms with E-state index in [2.05, 4.69) is 10.6 Å². The Morgan fingerprint density at radius 1 is 1.15 bits per heavy atom. The van der Waals surface area contributed by atoms with Gasteiger partial charge in [-0.15, -0.1) is 0 Å². The second kappa shape index (κ2) is 7.23. The van der Waals surface area contributed by atoms with Crippen LogP contribution in [0, 0.1) is 24.2 Å². The number of furan rings is 1. The highest BCUT2D eigenvalue weighted by atomic mass is 16.3. The Morgan fingerprint density at radius 2 is 1.85 bits per heavy atom. The predicted molar refractivity (Wildman–Crippen MR) is 92.8 cm³/mol. The fourth-order valence-corrected chi connectivity index (χ4v) is 2.50. The van der Waals surface area contributed by atoms with Gasteiger partial charge in [0.25, 0.3) is 0 Å². The zero-order valence-electron chi connectivity index (χ0n) is 14.1. The van der Waals surface area contributed by atoms with Gasteiger partial charge in [0, 0.05) is 17.3 Å². The molecule has 3 rings (SSSR count). The Morgan fingerprint density at radius 3 is 2.38 bits per heavy atom. The van der Waals surface area contributed by atoms with E-state index in [0.717, 1.165) is 12.8 Å². The molecule has 0 saturated heterocycles. The van der Waals surface area contributed by atoms with Crippen LogP contribution in [-0.4, -0.2) is 23.6 Å². The first-order valence-corrected chi connectivity index (χ1v) is 8.19.